The van der Waals surface area contributed by atoms with E-state index in [1.165, 1.54) is 45.5 Å². The minimum Gasteiger partial charge on any atom is -0.512 e. The minimum absolute atomic E-state index is 0. The maximum absolute atomic E-state index is 12.4. The molecule has 247 valence electrons. The van der Waals surface area contributed by atoms with E-state index in [0.717, 1.165) is 69.0 Å². The van der Waals surface area contributed by atoms with Crippen LogP contribution in [-0.4, -0.2) is 15.9 Å². The molecule has 0 bridgehead atoms. The zero-order valence-corrected chi connectivity index (χ0v) is 29.8. The molecule has 2 fully saturated rings. The number of aliphatic hydroxyl groups excluding tert-OH is 1. The number of carbonyl (C=O) groups excluding carboxylic acids is 1. The normalized spacial score (nSPS) is 19.3. The number of fused-ring (bicyclic) bond motifs is 1. The van der Waals surface area contributed by atoms with Gasteiger partial charge in [-0.3, -0.25) is 4.79 Å². The molecule has 0 saturated heterocycles. The molecule has 7 rings (SSSR count). The number of nitrogens with zero attached hydrogens (tertiary/aromatic N) is 1. The van der Waals surface area contributed by atoms with Crippen LogP contribution in [0.3, 0.4) is 0 Å². The van der Waals surface area contributed by atoms with Crippen molar-refractivity contribution in [1.82, 2.24) is 4.98 Å². The predicted molar refractivity (Wildman–Crippen MR) is 189 cm³/mol. The van der Waals surface area contributed by atoms with Crippen molar-refractivity contribution >= 4 is 27.3 Å². The summed E-state index contributed by atoms with van der Waals surface area (Å²) in [6.07, 6.45) is 15.7. The Morgan fingerprint density at radius 3 is 2.13 bits per heavy atom. The first-order chi connectivity index (χ1) is 21.1. The third kappa shape index (κ3) is 8.00. The quantitative estimate of drug-likeness (QED) is 0.127. The number of aliphatic hydroxyl groups is 1. The molecule has 4 heteroatoms. The SMILES string of the molecule is C.CC1(C)CCC(C(=O)C=C(O)C2CCC(C)(C)CC2)CC1.[Ir].[c-]1ccc2ccccc2c1-c1ncc2c3c(cccc13)CCC2. The molecule has 3 nitrogen and oxygen atoms in total. The summed E-state index contributed by atoms with van der Waals surface area (Å²) < 4.78 is 0. The Labute approximate surface area is 290 Å². The van der Waals surface area contributed by atoms with Gasteiger partial charge in [-0.25, -0.2) is 0 Å². The summed E-state index contributed by atoms with van der Waals surface area (Å²) in [4.78, 5) is 17.2. The van der Waals surface area contributed by atoms with Crippen LogP contribution >= 0.6 is 0 Å². The summed E-state index contributed by atoms with van der Waals surface area (Å²) in [5.41, 5.74) is 5.81. The Morgan fingerprint density at radius 1 is 0.826 bits per heavy atom. The molecule has 0 aliphatic heterocycles. The summed E-state index contributed by atoms with van der Waals surface area (Å²) in [7, 11) is 0. The van der Waals surface area contributed by atoms with Crippen molar-refractivity contribution in [2.45, 2.75) is 106 Å². The Hall–Kier alpha value is -2.81. The van der Waals surface area contributed by atoms with Crippen molar-refractivity contribution < 1.29 is 30.0 Å². The van der Waals surface area contributed by atoms with Crippen molar-refractivity contribution in [2.75, 3.05) is 0 Å². The van der Waals surface area contributed by atoms with Gasteiger partial charge >= 0.3 is 0 Å². The second-order valence-electron chi connectivity index (χ2n) is 15.1. The van der Waals surface area contributed by atoms with E-state index in [-0.39, 0.29) is 45.2 Å². The standard InChI is InChI=1S/C22H16N.C19H32O2.CH4.Ir/c1-2-11-18-15(6-1)7-4-12-19(18)22-20-13-5-9-16-8-3-10-17(14-23-22)21(16)20;1-18(2)9-5-14(6-10-18)16(20)13-17(21)15-7-11-19(3,4)12-8-15;;/h1-2,4-7,9,11,13-14H,3,8,10H2;13-15,20H,5-12H2,1-4H3;1H4;/q-1;;;. The molecule has 0 unspecified atom stereocenters. The molecule has 1 radical (unpaired) electrons. The van der Waals surface area contributed by atoms with E-state index in [1.807, 2.05) is 6.07 Å². The van der Waals surface area contributed by atoms with Gasteiger partial charge in [-0.05, 0) is 109 Å². The van der Waals surface area contributed by atoms with E-state index >= 15 is 0 Å². The second kappa shape index (κ2) is 15.0. The Bertz CT molecular complexity index is 1670. The summed E-state index contributed by atoms with van der Waals surface area (Å²) in [6, 6.07) is 22.7. The van der Waals surface area contributed by atoms with Crippen LogP contribution < -0.4 is 0 Å². The average molecular weight is 795 g/mol. The van der Waals surface area contributed by atoms with Crippen molar-refractivity contribution in [2.24, 2.45) is 22.7 Å². The molecule has 3 aliphatic carbocycles. The van der Waals surface area contributed by atoms with Crippen LogP contribution in [0, 0.1) is 28.7 Å². The van der Waals surface area contributed by atoms with Crippen molar-refractivity contribution in [3.63, 3.8) is 0 Å². The Kier molecular flexibility index (Phi) is 11.7. The van der Waals surface area contributed by atoms with Gasteiger partial charge in [0.25, 0.3) is 0 Å². The van der Waals surface area contributed by atoms with Crippen molar-refractivity contribution in [1.29, 1.82) is 0 Å². The van der Waals surface area contributed by atoms with Crippen LogP contribution in [0.1, 0.15) is 104 Å². The van der Waals surface area contributed by atoms with E-state index in [0.29, 0.717) is 16.6 Å². The zero-order valence-electron chi connectivity index (χ0n) is 27.4. The van der Waals surface area contributed by atoms with Crippen LogP contribution in [0.2, 0.25) is 0 Å². The largest absolute Gasteiger partial charge is 0.512 e. The van der Waals surface area contributed by atoms with Gasteiger partial charge in [0, 0.05) is 44.2 Å². The number of allylic oxidation sites excluding steroid dienone is 2. The third-order valence-corrected chi connectivity index (χ3v) is 10.7. The first kappa shape index (κ1) is 36.0. The number of benzene rings is 3. The van der Waals surface area contributed by atoms with Gasteiger partial charge in [0.15, 0.2) is 5.78 Å². The number of rotatable bonds is 4. The first-order valence-electron chi connectivity index (χ1n) is 16.8. The minimum atomic E-state index is 0. The summed E-state index contributed by atoms with van der Waals surface area (Å²) in [6.45, 7) is 9.15. The van der Waals surface area contributed by atoms with Crippen LogP contribution in [0.4, 0.5) is 0 Å². The van der Waals surface area contributed by atoms with Gasteiger partial charge in [0.05, 0.1) is 5.76 Å². The van der Waals surface area contributed by atoms with Gasteiger partial charge in [-0.1, -0.05) is 83.0 Å². The first-order valence-corrected chi connectivity index (χ1v) is 16.8. The molecule has 3 aromatic carbocycles. The number of carbonyl (C=O) groups is 1. The Balaban J connectivity index is 0.000000201. The second-order valence-corrected chi connectivity index (χ2v) is 15.1. The molecule has 0 atom stereocenters. The fraction of sp³-hybridized carbons (Fsp3) is 0.476. The third-order valence-electron chi connectivity index (χ3n) is 10.7. The number of hydrogen-bond acceptors (Lipinski definition) is 3. The number of aromatic nitrogens is 1. The number of pyridine rings is 1. The monoisotopic (exact) mass is 795 g/mol. The fourth-order valence-electron chi connectivity index (χ4n) is 7.64. The molecule has 1 aromatic heterocycles. The van der Waals surface area contributed by atoms with Crippen LogP contribution in [0.15, 0.2) is 72.6 Å². The molecule has 0 spiro atoms. The predicted octanol–water partition coefficient (Wildman–Crippen LogP) is 11.4. The van der Waals surface area contributed by atoms with E-state index in [9.17, 15) is 9.90 Å². The molecular formula is C42H52IrNO2-. The van der Waals surface area contributed by atoms with Gasteiger partial charge in [-0.15, -0.1) is 29.1 Å². The number of aryl methyl sites for hydroxylation is 2. The molecule has 3 aliphatic rings. The van der Waals surface area contributed by atoms with Gasteiger partial charge in [0.2, 0.25) is 0 Å². The maximum atomic E-state index is 12.4. The zero-order chi connectivity index (χ0) is 30.9. The van der Waals surface area contributed by atoms with Gasteiger partial charge in [0.1, 0.15) is 0 Å². The Morgan fingerprint density at radius 2 is 1.43 bits per heavy atom. The smallest absolute Gasteiger partial charge is 0.162 e. The van der Waals surface area contributed by atoms with Crippen molar-refractivity contribution in [3.05, 3.63) is 89.8 Å². The number of hydrogen-bond donors (Lipinski definition) is 1. The average Bonchev–Trinajstić information content (AvgIpc) is 3.01. The van der Waals surface area contributed by atoms with Crippen LogP contribution in [0.5, 0.6) is 0 Å². The molecule has 1 heterocycles. The molecule has 1 N–H and O–H groups in total. The molecule has 2 saturated carbocycles. The van der Waals surface area contributed by atoms with Gasteiger partial charge in [-0.2, -0.15) is 0 Å². The van der Waals surface area contributed by atoms with Crippen LogP contribution in [0.25, 0.3) is 32.8 Å². The van der Waals surface area contributed by atoms with Crippen molar-refractivity contribution in [3.8, 4) is 11.3 Å². The molecule has 0 amide bonds. The molecular weight excluding hydrogens is 743 g/mol. The maximum Gasteiger partial charge on any atom is 0.162 e. The van der Waals surface area contributed by atoms with E-state index in [1.54, 1.807) is 6.08 Å². The summed E-state index contributed by atoms with van der Waals surface area (Å²) >= 11 is 0. The number of ketones is 1. The van der Waals surface area contributed by atoms with E-state index < -0.39 is 0 Å². The summed E-state index contributed by atoms with van der Waals surface area (Å²) in [5.74, 6) is 0.857. The molecule has 46 heavy (non-hydrogen) atoms. The van der Waals surface area contributed by atoms with Gasteiger partial charge < -0.3 is 10.1 Å². The van der Waals surface area contributed by atoms with E-state index in [2.05, 4.69) is 88.5 Å². The van der Waals surface area contributed by atoms with Crippen LogP contribution in [-0.2, 0) is 37.7 Å². The fourth-order valence-corrected chi connectivity index (χ4v) is 7.64. The summed E-state index contributed by atoms with van der Waals surface area (Å²) in [5, 5.41) is 15.4. The molecule has 4 aromatic rings. The van der Waals surface area contributed by atoms with E-state index in [4.69, 9.17) is 4.98 Å². The topological polar surface area (TPSA) is 50.2 Å².